The molecule has 384 valence electrons. The van der Waals surface area contributed by atoms with Crippen LogP contribution in [0.2, 0.25) is 0 Å². The molecule has 0 fully saturated rings. The van der Waals surface area contributed by atoms with Crippen molar-refractivity contribution in [1.29, 1.82) is 0 Å². The second kappa shape index (κ2) is 57.4. The summed E-state index contributed by atoms with van der Waals surface area (Å²) >= 11 is 0. The molecule has 0 bridgehead atoms. The van der Waals surface area contributed by atoms with Crippen LogP contribution in [0.4, 0.5) is 0 Å². The maximum absolute atomic E-state index is 12.8. The fraction of sp³-hybridized carbons (Fsp3) is 0.619. The highest BCUT2D eigenvalue weighted by Gasteiger charge is 2.17. The average Bonchev–Trinajstić information content (AvgIpc) is 3.34. The van der Waals surface area contributed by atoms with Crippen molar-refractivity contribution in [3.63, 3.8) is 0 Å². The minimum Gasteiger partial charge on any atom is -0.462 e. The Morgan fingerprint density at radius 1 is 0.324 bits per heavy atom. The Morgan fingerprint density at radius 2 is 0.618 bits per heavy atom. The number of carbonyl (C=O) groups excluding carboxylic acids is 2. The topological polar surface area (TPSA) is 61.8 Å². The van der Waals surface area contributed by atoms with Gasteiger partial charge in [-0.1, -0.05) is 219 Å². The molecular formula is C63H102O5. The first kappa shape index (κ1) is 64.0. The van der Waals surface area contributed by atoms with E-state index in [1.807, 2.05) is 0 Å². The van der Waals surface area contributed by atoms with Crippen LogP contribution in [0, 0.1) is 0 Å². The molecule has 0 aromatic heterocycles. The second-order valence-electron chi connectivity index (χ2n) is 17.7. The van der Waals surface area contributed by atoms with Gasteiger partial charge in [-0.25, -0.2) is 0 Å². The first-order chi connectivity index (χ1) is 33.6. The monoisotopic (exact) mass is 939 g/mol. The summed E-state index contributed by atoms with van der Waals surface area (Å²) in [5.41, 5.74) is 0. The van der Waals surface area contributed by atoms with Crippen LogP contribution in [0.15, 0.2) is 134 Å². The minimum absolute atomic E-state index is 0.0521. The number of hydrogen-bond donors (Lipinski definition) is 0. The Kier molecular flexibility index (Phi) is 54.0. The lowest BCUT2D eigenvalue weighted by Gasteiger charge is -2.18. The van der Waals surface area contributed by atoms with Gasteiger partial charge in [0.2, 0.25) is 0 Å². The van der Waals surface area contributed by atoms with E-state index < -0.39 is 6.10 Å². The molecule has 0 heterocycles. The molecule has 0 spiro atoms. The van der Waals surface area contributed by atoms with E-state index in [0.29, 0.717) is 19.4 Å². The van der Waals surface area contributed by atoms with Crippen molar-refractivity contribution in [2.45, 2.75) is 232 Å². The van der Waals surface area contributed by atoms with E-state index in [2.05, 4.69) is 154 Å². The largest absolute Gasteiger partial charge is 0.462 e. The van der Waals surface area contributed by atoms with E-state index in [1.54, 1.807) is 0 Å². The van der Waals surface area contributed by atoms with Gasteiger partial charge in [0.25, 0.3) is 0 Å². The van der Waals surface area contributed by atoms with Crippen LogP contribution in [0.5, 0.6) is 0 Å². The maximum Gasteiger partial charge on any atom is 0.306 e. The van der Waals surface area contributed by atoms with E-state index in [9.17, 15) is 9.59 Å². The van der Waals surface area contributed by atoms with Gasteiger partial charge >= 0.3 is 11.9 Å². The van der Waals surface area contributed by atoms with Crippen molar-refractivity contribution in [3.05, 3.63) is 134 Å². The molecule has 0 aliphatic heterocycles. The van der Waals surface area contributed by atoms with E-state index in [1.165, 1.54) is 44.9 Å². The minimum atomic E-state index is -0.572. The van der Waals surface area contributed by atoms with E-state index in [-0.39, 0.29) is 25.2 Å². The molecule has 0 radical (unpaired) electrons. The molecule has 0 rings (SSSR count). The SMILES string of the molecule is CC/C=C\C/C=C\C/C=C\C/C=C\CCCCCCCCCOCC(COC(=O)CCCCCC/C=C\C/C=C\C/C=C\C/C=C\CC)OC(=O)CCCCCCC/C=C\C/C=C\C/C=C\CC. The zero-order valence-corrected chi connectivity index (χ0v) is 44.1. The van der Waals surface area contributed by atoms with Crippen molar-refractivity contribution in [1.82, 2.24) is 0 Å². The number of ether oxygens (including phenoxy) is 3. The van der Waals surface area contributed by atoms with Crippen molar-refractivity contribution in [2.75, 3.05) is 19.8 Å². The van der Waals surface area contributed by atoms with Crippen LogP contribution in [0.1, 0.15) is 226 Å². The molecule has 1 atom stereocenters. The van der Waals surface area contributed by atoms with Crippen molar-refractivity contribution in [2.24, 2.45) is 0 Å². The number of rotatable bonds is 49. The highest BCUT2D eigenvalue weighted by molar-refractivity contribution is 5.70. The van der Waals surface area contributed by atoms with Crippen LogP contribution in [0.25, 0.3) is 0 Å². The number of allylic oxidation sites excluding steroid dienone is 22. The molecule has 0 aromatic rings. The standard InChI is InChI=1S/C63H102O5/c1-4-7-10-13-16-19-22-25-28-30-31-32-34-37-40-43-46-49-52-55-58-66-59-61(68-63(65)57-54-51-48-45-42-39-35-27-24-21-18-15-12-9-6-3)60-67-62(64)56-53-50-47-44-41-38-36-33-29-26-23-20-17-14-11-8-5-2/h7-12,16-21,25-29,31-32,35-36,38,61H,4-6,13-15,22-24,30,33-34,37,39-60H2,1-3H3/b10-7-,11-8-,12-9-,19-16-,20-17-,21-18-,28-25-,29-26-,32-31-,35-27-,38-36-. The summed E-state index contributed by atoms with van der Waals surface area (Å²) in [6.07, 6.45) is 81.8. The quantitative estimate of drug-likeness (QED) is 0.0345. The Bertz CT molecular complexity index is 1430. The zero-order chi connectivity index (χ0) is 49.2. The summed E-state index contributed by atoms with van der Waals surface area (Å²) < 4.78 is 17.4. The van der Waals surface area contributed by atoms with Crippen LogP contribution < -0.4 is 0 Å². The van der Waals surface area contributed by atoms with E-state index in [4.69, 9.17) is 14.2 Å². The predicted molar refractivity (Wildman–Crippen MR) is 297 cm³/mol. The highest BCUT2D eigenvalue weighted by Crippen LogP contribution is 2.13. The number of unbranched alkanes of at least 4 members (excludes halogenated alkanes) is 16. The normalized spacial score (nSPS) is 13.3. The molecule has 68 heavy (non-hydrogen) atoms. The predicted octanol–water partition coefficient (Wildman–Crippen LogP) is 19.1. The molecule has 0 saturated heterocycles. The van der Waals surface area contributed by atoms with Crippen LogP contribution >= 0.6 is 0 Å². The maximum atomic E-state index is 12.8. The molecule has 0 amide bonds. The van der Waals surface area contributed by atoms with Crippen LogP contribution in [-0.4, -0.2) is 37.9 Å². The lowest BCUT2D eigenvalue weighted by atomic mass is 10.1. The fourth-order valence-electron chi connectivity index (χ4n) is 7.15. The molecule has 0 N–H and O–H groups in total. The van der Waals surface area contributed by atoms with Crippen molar-refractivity contribution >= 4 is 11.9 Å². The van der Waals surface area contributed by atoms with Crippen LogP contribution in [-0.2, 0) is 23.8 Å². The van der Waals surface area contributed by atoms with Gasteiger partial charge in [0, 0.05) is 19.4 Å². The molecule has 0 aliphatic carbocycles. The summed E-state index contributed by atoms with van der Waals surface area (Å²) in [4.78, 5) is 25.5. The second-order valence-corrected chi connectivity index (χ2v) is 17.7. The Balaban J connectivity index is 4.39. The number of hydrogen-bond acceptors (Lipinski definition) is 5. The Labute approximate surface area is 419 Å². The molecule has 0 aliphatic rings. The van der Waals surface area contributed by atoms with Gasteiger partial charge < -0.3 is 14.2 Å². The van der Waals surface area contributed by atoms with Gasteiger partial charge in [-0.05, 0) is 128 Å². The third-order valence-electron chi connectivity index (χ3n) is 11.2. The first-order valence-corrected chi connectivity index (χ1v) is 27.7. The summed E-state index contributed by atoms with van der Waals surface area (Å²) in [6, 6.07) is 0. The Hall–Kier alpha value is -3.96. The lowest BCUT2D eigenvalue weighted by Crippen LogP contribution is -2.30. The van der Waals surface area contributed by atoms with Crippen molar-refractivity contribution in [3.8, 4) is 0 Å². The zero-order valence-electron chi connectivity index (χ0n) is 44.1. The van der Waals surface area contributed by atoms with Gasteiger partial charge in [0.05, 0.1) is 6.61 Å². The summed E-state index contributed by atoms with van der Waals surface area (Å²) in [7, 11) is 0. The smallest absolute Gasteiger partial charge is 0.306 e. The van der Waals surface area contributed by atoms with Gasteiger partial charge in [-0.3, -0.25) is 9.59 Å². The first-order valence-electron chi connectivity index (χ1n) is 27.7. The number of carbonyl (C=O) groups is 2. The van der Waals surface area contributed by atoms with Gasteiger partial charge in [0.1, 0.15) is 6.61 Å². The van der Waals surface area contributed by atoms with E-state index in [0.717, 1.165) is 148 Å². The summed E-state index contributed by atoms with van der Waals surface area (Å²) in [6.45, 7) is 7.41. The van der Waals surface area contributed by atoms with Crippen molar-refractivity contribution < 1.29 is 23.8 Å². The molecule has 1 unspecified atom stereocenters. The third-order valence-corrected chi connectivity index (χ3v) is 11.2. The lowest BCUT2D eigenvalue weighted by molar-refractivity contribution is -0.163. The highest BCUT2D eigenvalue weighted by atomic mass is 16.6. The van der Waals surface area contributed by atoms with Gasteiger partial charge in [-0.2, -0.15) is 0 Å². The number of esters is 2. The Morgan fingerprint density at radius 3 is 0.985 bits per heavy atom. The summed E-state index contributed by atoms with van der Waals surface area (Å²) in [5, 5.41) is 0. The molecule has 0 saturated carbocycles. The molecular weight excluding hydrogens is 837 g/mol. The molecule has 5 heteroatoms. The van der Waals surface area contributed by atoms with E-state index >= 15 is 0 Å². The van der Waals surface area contributed by atoms with Crippen LogP contribution in [0.3, 0.4) is 0 Å². The van der Waals surface area contributed by atoms with Gasteiger partial charge in [-0.15, -0.1) is 0 Å². The molecule has 5 nitrogen and oxygen atoms in total. The third kappa shape index (κ3) is 54.6. The average molecular weight is 940 g/mol. The fourth-order valence-corrected chi connectivity index (χ4v) is 7.15. The molecule has 0 aromatic carbocycles. The van der Waals surface area contributed by atoms with Gasteiger partial charge in [0.15, 0.2) is 6.10 Å². The summed E-state index contributed by atoms with van der Waals surface area (Å²) in [5.74, 6) is -0.458.